The van der Waals surface area contributed by atoms with Crippen molar-refractivity contribution in [3.8, 4) is 0 Å². The second kappa shape index (κ2) is 7.71. The van der Waals surface area contributed by atoms with Crippen molar-refractivity contribution in [3.05, 3.63) is 54.1 Å². The first-order chi connectivity index (χ1) is 12.7. The number of benzene rings is 2. The quantitative estimate of drug-likeness (QED) is 0.733. The van der Waals surface area contributed by atoms with Crippen LogP contribution < -0.4 is 10.5 Å². The first kappa shape index (κ1) is 19.4. The van der Waals surface area contributed by atoms with E-state index in [2.05, 4.69) is 5.32 Å². The van der Waals surface area contributed by atoms with E-state index in [1.54, 1.807) is 0 Å². The Bertz CT molecular complexity index is 966. The van der Waals surface area contributed by atoms with E-state index < -0.39 is 28.0 Å². The first-order valence-electron chi connectivity index (χ1n) is 8.13. The Morgan fingerprint density at radius 2 is 1.96 bits per heavy atom. The minimum atomic E-state index is -3.88. The van der Waals surface area contributed by atoms with Gasteiger partial charge in [-0.2, -0.15) is 0 Å². The summed E-state index contributed by atoms with van der Waals surface area (Å²) in [4.78, 5) is 25.5. The zero-order valence-electron chi connectivity index (χ0n) is 14.4. The second-order valence-electron chi connectivity index (χ2n) is 6.06. The Hall–Kier alpha value is -2.36. The van der Waals surface area contributed by atoms with Crippen molar-refractivity contribution in [1.82, 2.24) is 0 Å². The predicted octanol–water partition coefficient (Wildman–Crippen LogP) is 1.92. The number of hydrogen-bond acceptors (Lipinski definition) is 6. The predicted molar refractivity (Wildman–Crippen MR) is 102 cm³/mol. The lowest BCUT2D eigenvalue weighted by molar-refractivity contribution is -0.152. The number of ether oxygens (including phenoxy) is 1. The third-order valence-corrected chi connectivity index (χ3v) is 6.21. The van der Waals surface area contributed by atoms with Crippen LogP contribution in [0.2, 0.25) is 0 Å². The van der Waals surface area contributed by atoms with Gasteiger partial charge in [-0.05, 0) is 43.2 Å². The highest BCUT2D eigenvalue weighted by molar-refractivity contribution is 8.01. The van der Waals surface area contributed by atoms with Crippen LogP contribution in [0.5, 0.6) is 0 Å². The van der Waals surface area contributed by atoms with Gasteiger partial charge in [0.2, 0.25) is 10.0 Å². The zero-order valence-corrected chi connectivity index (χ0v) is 16.0. The average molecular weight is 406 g/mol. The molecule has 0 saturated carbocycles. The number of thioether (sulfide) groups is 1. The lowest BCUT2D eigenvalue weighted by Gasteiger charge is -2.16. The van der Waals surface area contributed by atoms with Gasteiger partial charge in [-0.1, -0.05) is 24.3 Å². The van der Waals surface area contributed by atoms with Crippen LogP contribution >= 0.6 is 11.8 Å². The molecule has 9 heteroatoms. The summed E-state index contributed by atoms with van der Waals surface area (Å²) in [5.41, 5.74) is 1.33. The molecule has 0 fully saturated rings. The molecule has 0 spiro atoms. The van der Waals surface area contributed by atoms with Gasteiger partial charge in [0.1, 0.15) is 5.25 Å². The largest absolute Gasteiger partial charge is 0.452 e. The van der Waals surface area contributed by atoms with E-state index in [0.717, 1.165) is 10.5 Å². The lowest BCUT2D eigenvalue weighted by atomic mass is 10.1. The topological polar surface area (TPSA) is 116 Å². The molecule has 0 saturated heterocycles. The van der Waals surface area contributed by atoms with Gasteiger partial charge in [0.25, 0.3) is 5.91 Å². The standard InChI is InChI=1S/C18H18N2O5S2/c1-11(17(21)20-13-6-4-7-14(10-13)27(19,23)24)25-18(22)16-9-12-5-2-3-8-15(12)26-16/h2-8,10-11,16H,9H2,1H3,(H,20,21)(H2,19,23,24). The smallest absolute Gasteiger partial charge is 0.320 e. The fourth-order valence-electron chi connectivity index (χ4n) is 2.61. The van der Waals surface area contributed by atoms with Crippen molar-refractivity contribution in [3.63, 3.8) is 0 Å². The van der Waals surface area contributed by atoms with Gasteiger partial charge in [-0.3, -0.25) is 9.59 Å². The Morgan fingerprint density at radius 1 is 1.22 bits per heavy atom. The van der Waals surface area contributed by atoms with Crippen LogP contribution in [0.4, 0.5) is 5.69 Å². The van der Waals surface area contributed by atoms with Crippen LogP contribution in [-0.2, 0) is 30.8 Å². The Balaban J connectivity index is 1.59. The molecule has 3 N–H and O–H groups in total. The third-order valence-electron chi connectivity index (χ3n) is 4.00. The average Bonchev–Trinajstić information content (AvgIpc) is 3.05. The highest BCUT2D eigenvalue weighted by Gasteiger charge is 2.31. The Morgan fingerprint density at radius 3 is 2.67 bits per heavy atom. The van der Waals surface area contributed by atoms with Gasteiger partial charge in [-0.25, -0.2) is 13.6 Å². The number of hydrogen-bond donors (Lipinski definition) is 2. The molecule has 0 bridgehead atoms. The number of amides is 1. The fourth-order valence-corrected chi connectivity index (χ4v) is 4.35. The van der Waals surface area contributed by atoms with E-state index >= 15 is 0 Å². The minimum absolute atomic E-state index is 0.120. The van der Waals surface area contributed by atoms with E-state index in [-0.39, 0.29) is 15.8 Å². The van der Waals surface area contributed by atoms with E-state index in [1.807, 2.05) is 24.3 Å². The molecule has 142 valence electrons. The summed E-state index contributed by atoms with van der Waals surface area (Å²) in [6.07, 6.45) is -0.468. The van der Waals surface area contributed by atoms with Crippen LogP contribution in [0.3, 0.4) is 0 Å². The summed E-state index contributed by atoms with van der Waals surface area (Å²) in [6.45, 7) is 1.46. The van der Waals surface area contributed by atoms with Crippen molar-refractivity contribution >= 4 is 39.3 Å². The monoisotopic (exact) mass is 406 g/mol. The normalized spacial score (nSPS) is 17.0. The van der Waals surface area contributed by atoms with E-state index in [9.17, 15) is 18.0 Å². The third kappa shape index (κ3) is 4.68. The summed E-state index contributed by atoms with van der Waals surface area (Å²) < 4.78 is 28.1. The number of primary sulfonamides is 1. The van der Waals surface area contributed by atoms with Crippen LogP contribution in [0.25, 0.3) is 0 Å². The van der Waals surface area contributed by atoms with E-state index in [4.69, 9.17) is 9.88 Å². The summed E-state index contributed by atoms with van der Waals surface area (Å²) in [6, 6.07) is 13.3. The Kier molecular flexibility index (Phi) is 5.54. The van der Waals surface area contributed by atoms with Gasteiger partial charge in [0, 0.05) is 10.6 Å². The van der Waals surface area contributed by atoms with Crippen LogP contribution in [-0.4, -0.2) is 31.6 Å². The van der Waals surface area contributed by atoms with Gasteiger partial charge in [0.05, 0.1) is 4.90 Å². The summed E-state index contributed by atoms with van der Waals surface area (Å²) in [7, 11) is -3.88. The number of carbonyl (C=O) groups excluding carboxylic acids is 2. The molecular weight excluding hydrogens is 388 g/mol. The molecule has 2 aromatic rings. The van der Waals surface area contributed by atoms with Gasteiger partial charge >= 0.3 is 5.97 Å². The molecule has 1 heterocycles. The maximum absolute atomic E-state index is 12.3. The number of anilines is 1. The number of nitrogens with one attached hydrogen (secondary N) is 1. The summed E-state index contributed by atoms with van der Waals surface area (Å²) in [5.74, 6) is -1.02. The molecular formula is C18H18N2O5S2. The molecule has 2 unspecified atom stereocenters. The number of esters is 1. The van der Waals surface area contributed by atoms with Crippen LogP contribution in [0.15, 0.2) is 58.3 Å². The second-order valence-corrected chi connectivity index (χ2v) is 8.87. The summed E-state index contributed by atoms with van der Waals surface area (Å²) in [5, 5.41) is 7.21. The molecule has 0 aromatic heterocycles. The zero-order chi connectivity index (χ0) is 19.6. The molecule has 1 amide bonds. The molecule has 1 aliphatic rings. The SMILES string of the molecule is CC(OC(=O)C1Cc2ccccc2S1)C(=O)Nc1cccc(S(N)(=O)=O)c1. The van der Waals surface area contributed by atoms with Crippen molar-refractivity contribution in [2.75, 3.05) is 5.32 Å². The summed E-state index contributed by atoms with van der Waals surface area (Å²) >= 11 is 1.42. The van der Waals surface area contributed by atoms with Crippen LogP contribution in [0, 0.1) is 0 Å². The molecule has 0 radical (unpaired) electrons. The number of sulfonamides is 1. The molecule has 1 aliphatic heterocycles. The number of fused-ring (bicyclic) bond motifs is 1. The lowest BCUT2D eigenvalue weighted by Crippen LogP contribution is -2.33. The van der Waals surface area contributed by atoms with Gasteiger partial charge in [-0.15, -0.1) is 11.8 Å². The maximum atomic E-state index is 12.3. The van der Waals surface area contributed by atoms with E-state index in [1.165, 1.54) is 43.0 Å². The molecule has 27 heavy (non-hydrogen) atoms. The molecule has 0 aliphatic carbocycles. The van der Waals surface area contributed by atoms with Gasteiger partial charge in [0.15, 0.2) is 6.10 Å². The highest BCUT2D eigenvalue weighted by atomic mass is 32.2. The van der Waals surface area contributed by atoms with Gasteiger partial charge < -0.3 is 10.1 Å². The number of rotatable bonds is 5. The van der Waals surface area contributed by atoms with Crippen molar-refractivity contribution in [2.45, 2.75) is 34.5 Å². The van der Waals surface area contributed by atoms with Crippen LogP contribution in [0.1, 0.15) is 12.5 Å². The molecule has 2 aromatic carbocycles. The fraction of sp³-hybridized carbons (Fsp3) is 0.222. The first-order valence-corrected chi connectivity index (χ1v) is 10.6. The molecule has 3 rings (SSSR count). The highest BCUT2D eigenvalue weighted by Crippen LogP contribution is 2.37. The van der Waals surface area contributed by atoms with E-state index in [0.29, 0.717) is 6.42 Å². The van der Waals surface area contributed by atoms with Crippen molar-refractivity contribution in [1.29, 1.82) is 0 Å². The molecule has 2 atom stereocenters. The Labute approximate surface area is 161 Å². The number of nitrogens with two attached hydrogens (primary N) is 1. The van der Waals surface area contributed by atoms with Crippen molar-refractivity contribution in [2.24, 2.45) is 5.14 Å². The number of carbonyl (C=O) groups is 2. The van der Waals surface area contributed by atoms with Crippen molar-refractivity contribution < 1.29 is 22.7 Å². The minimum Gasteiger partial charge on any atom is -0.452 e. The maximum Gasteiger partial charge on any atom is 0.320 e. The molecule has 7 nitrogen and oxygen atoms in total.